The molecule has 0 heterocycles. The maximum atomic E-state index is 13.3. The van der Waals surface area contributed by atoms with Crippen LogP contribution in [0.4, 0.5) is 8.78 Å². The molecule has 6 heteroatoms. The van der Waals surface area contributed by atoms with Crippen LogP contribution in [0.2, 0.25) is 0 Å². The summed E-state index contributed by atoms with van der Waals surface area (Å²) in [5.41, 5.74) is -0.576. The Morgan fingerprint density at radius 2 is 1.81 bits per heavy atom. The van der Waals surface area contributed by atoms with E-state index in [9.17, 15) is 18.4 Å². The molecule has 86 valence electrons. The molecule has 4 nitrogen and oxygen atoms in total. The van der Waals surface area contributed by atoms with Crippen LogP contribution in [0, 0.1) is 11.6 Å². The van der Waals surface area contributed by atoms with Crippen molar-refractivity contribution in [1.29, 1.82) is 0 Å². The number of aliphatic carboxylic acids is 1. The number of carboxylic acids is 1. The molecule has 0 aliphatic heterocycles. The zero-order valence-electron chi connectivity index (χ0n) is 8.29. The highest BCUT2D eigenvalue weighted by molar-refractivity contribution is 6.33. The van der Waals surface area contributed by atoms with Crippen molar-refractivity contribution in [3.05, 3.63) is 29.3 Å². The molecule has 0 saturated carbocycles. The van der Waals surface area contributed by atoms with Crippen molar-refractivity contribution in [2.24, 2.45) is 0 Å². The van der Waals surface area contributed by atoms with Gasteiger partial charge in [-0.05, 0) is 0 Å². The van der Waals surface area contributed by atoms with E-state index in [1.807, 2.05) is 0 Å². The van der Waals surface area contributed by atoms with Crippen LogP contribution < -0.4 is 4.74 Å². The number of carbonyl (C=O) groups is 2. The van der Waals surface area contributed by atoms with E-state index in [4.69, 9.17) is 5.11 Å². The van der Waals surface area contributed by atoms with Gasteiger partial charge in [-0.15, -0.1) is 0 Å². The number of hydrogen-bond donors (Lipinski definition) is 1. The van der Waals surface area contributed by atoms with Gasteiger partial charge in [-0.1, -0.05) is 0 Å². The number of Topliss-reactive ketones (excluding diaryl/α,β-unsaturated/α-hetero) is 1. The molecule has 1 aromatic carbocycles. The average molecular weight is 230 g/mol. The van der Waals surface area contributed by atoms with E-state index in [1.165, 1.54) is 7.11 Å². The lowest BCUT2D eigenvalue weighted by molar-refractivity contribution is -0.148. The monoisotopic (exact) mass is 230 g/mol. The second kappa shape index (κ2) is 4.69. The Morgan fingerprint density at radius 1 is 1.31 bits per heavy atom. The number of rotatable bonds is 4. The van der Waals surface area contributed by atoms with Crippen molar-refractivity contribution >= 4 is 11.8 Å². The average Bonchev–Trinajstić information content (AvgIpc) is 2.22. The number of ether oxygens (including phenoxy) is 1. The summed E-state index contributed by atoms with van der Waals surface area (Å²) in [5, 5.41) is 8.31. The Labute approximate surface area is 89.5 Å². The van der Waals surface area contributed by atoms with Gasteiger partial charge in [0.15, 0.2) is 0 Å². The molecule has 0 radical (unpaired) electrons. The maximum Gasteiger partial charge on any atom is 0.372 e. The molecule has 0 bridgehead atoms. The van der Waals surface area contributed by atoms with E-state index in [1.54, 1.807) is 0 Å². The first-order valence-corrected chi connectivity index (χ1v) is 4.23. The first-order chi connectivity index (χ1) is 7.45. The molecule has 1 N–H and O–H groups in total. The topological polar surface area (TPSA) is 63.6 Å². The summed E-state index contributed by atoms with van der Waals surface area (Å²) < 4.78 is 31.1. The summed E-state index contributed by atoms with van der Waals surface area (Å²) >= 11 is 0. The van der Waals surface area contributed by atoms with Crippen molar-refractivity contribution in [2.45, 2.75) is 6.42 Å². The van der Waals surface area contributed by atoms with E-state index in [0.717, 1.165) is 12.1 Å². The molecule has 0 amide bonds. The number of hydrogen-bond acceptors (Lipinski definition) is 3. The fourth-order valence-electron chi connectivity index (χ4n) is 1.10. The second-order valence-electron chi connectivity index (χ2n) is 2.97. The van der Waals surface area contributed by atoms with Gasteiger partial charge in [-0.2, -0.15) is 0 Å². The van der Waals surface area contributed by atoms with E-state index in [-0.39, 0.29) is 5.75 Å². The molecule has 1 aromatic rings. The third-order valence-corrected chi connectivity index (χ3v) is 1.93. The van der Waals surface area contributed by atoms with Gasteiger partial charge in [0.2, 0.25) is 5.78 Å². The molecular weight excluding hydrogens is 222 g/mol. The summed E-state index contributed by atoms with van der Waals surface area (Å²) in [7, 11) is 1.23. The summed E-state index contributed by atoms with van der Waals surface area (Å²) in [6.45, 7) is 0. The molecule has 0 fully saturated rings. The highest BCUT2D eigenvalue weighted by Crippen LogP contribution is 2.20. The number of methoxy groups -OCH3 is 1. The van der Waals surface area contributed by atoms with Crippen LogP contribution >= 0.6 is 0 Å². The SMILES string of the molecule is COc1cc(F)c(CC(=O)C(=O)O)c(F)c1. The Balaban J connectivity index is 3.06. The Hall–Kier alpha value is -1.98. The molecule has 0 aliphatic rings. The number of benzene rings is 1. The van der Waals surface area contributed by atoms with Gasteiger partial charge in [-0.25, -0.2) is 13.6 Å². The zero-order valence-corrected chi connectivity index (χ0v) is 8.29. The summed E-state index contributed by atoms with van der Waals surface area (Å²) in [6, 6.07) is 1.76. The molecule has 0 spiro atoms. The standard InChI is InChI=1S/C10H8F2O4/c1-16-5-2-7(11)6(8(12)3-5)4-9(13)10(14)15/h2-3H,4H2,1H3,(H,14,15). The Bertz CT molecular complexity index is 419. The Morgan fingerprint density at radius 3 is 2.19 bits per heavy atom. The van der Waals surface area contributed by atoms with Gasteiger partial charge in [0.25, 0.3) is 0 Å². The molecule has 16 heavy (non-hydrogen) atoms. The first kappa shape index (κ1) is 12.1. The maximum absolute atomic E-state index is 13.3. The van der Waals surface area contributed by atoms with Gasteiger partial charge in [-0.3, -0.25) is 4.79 Å². The number of ketones is 1. The fourth-order valence-corrected chi connectivity index (χ4v) is 1.10. The third-order valence-electron chi connectivity index (χ3n) is 1.93. The molecular formula is C10H8F2O4. The van der Waals surface area contributed by atoms with E-state index in [2.05, 4.69) is 4.74 Å². The van der Waals surface area contributed by atoms with E-state index < -0.39 is 35.4 Å². The van der Waals surface area contributed by atoms with Crippen LogP contribution in [-0.2, 0) is 16.0 Å². The van der Waals surface area contributed by atoms with Gasteiger partial charge >= 0.3 is 5.97 Å². The highest BCUT2D eigenvalue weighted by atomic mass is 19.1. The molecule has 0 unspecified atom stereocenters. The first-order valence-electron chi connectivity index (χ1n) is 4.23. The quantitative estimate of drug-likeness (QED) is 0.788. The molecule has 0 aromatic heterocycles. The van der Waals surface area contributed by atoms with Gasteiger partial charge in [0.1, 0.15) is 17.4 Å². The van der Waals surface area contributed by atoms with E-state index in [0.29, 0.717) is 0 Å². The number of carboxylic acid groups (broad SMARTS) is 1. The van der Waals surface area contributed by atoms with Gasteiger partial charge in [0.05, 0.1) is 7.11 Å². The van der Waals surface area contributed by atoms with Crippen molar-refractivity contribution in [1.82, 2.24) is 0 Å². The Kier molecular flexibility index (Phi) is 3.55. The van der Waals surface area contributed by atoms with Crippen molar-refractivity contribution in [3.8, 4) is 5.75 Å². The van der Waals surface area contributed by atoms with Crippen LogP contribution in [0.5, 0.6) is 5.75 Å². The largest absolute Gasteiger partial charge is 0.497 e. The summed E-state index contributed by atoms with van der Waals surface area (Å²) in [6.07, 6.45) is -0.822. The summed E-state index contributed by atoms with van der Waals surface area (Å²) in [5.74, 6) is -5.06. The smallest absolute Gasteiger partial charge is 0.372 e. The van der Waals surface area contributed by atoms with Crippen LogP contribution in [0.25, 0.3) is 0 Å². The van der Waals surface area contributed by atoms with Gasteiger partial charge < -0.3 is 9.84 Å². The lowest BCUT2D eigenvalue weighted by atomic mass is 10.1. The van der Waals surface area contributed by atoms with Crippen LogP contribution in [0.3, 0.4) is 0 Å². The normalized spacial score (nSPS) is 9.94. The molecule has 0 aliphatic carbocycles. The van der Waals surface area contributed by atoms with Crippen LogP contribution in [0.15, 0.2) is 12.1 Å². The third kappa shape index (κ3) is 2.53. The van der Waals surface area contributed by atoms with Crippen LogP contribution in [-0.4, -0.2) is 24.0 Å². The lowest BCUT2D eigenvalue weighted by Gasteiger charge is -2.05. The fraction of sp³-hybridized carbons (Fsp3) is 0.200. The minimum absolute atomic E-state index is 0.0403. The van der Waals surface area contributed by atoms with Gasteiger partial charge in [0, 0.05) is 24.1 Å². The van der Waals surface area contributed by atoms with Crippen LogP contribution in [0.1, 0.15) is 5.56 Å². The number of halogens is 2. The predicted octanol–water partition coefficient (Wildman–Crippen LogP) is 1.17. The molecule has 0 saturated heterocycles. The zero-order chi connectivity index (χ0) is 12.3. The van der Waals surface area contributed by atoms with E-state index >= 15 is 0 Å². The summed E-state index contributed by atoms with van der Waals surface area (Å²) in [4.78, 5) is 21.0. The predicted molar refractivity (Wildman–Crippen MR) is 49.3 cm³/mol. The molecule has 1 rings (SSSR count). The lowest BCUT2D eigenvalue weighted by Crippen LogP contribution is -2.16. The number of carbonyl (C=O) groups excluding carboxylic acids is 1. The van der Waals surface area contributed by atoms with Crippen molar-refractivity contribution < 1.29 is 28.2 Å². The van der Waals surface area contributed by atoms with Crippen molar-refractivity contribution in [3.63, 3.8) is 0 Å². The molecule has 0 atom stereocenters. The second-order valence-corrected chi connectivity index (χ2v) is 2.97. The van der Waals surface area contributed by atoms with Crippen molar-refractivity contribution in [2.75, 3.05) is 7.11 Å². The minimum Gasteiger partial charge on any atom is -0.497 e. The highest BCUT2D eigenvalue weighted by Gasteiger charge is 2.19. The minimum atomic E-state index is -1.73.